The lowest BCUT2D eigenvalue weighted by molar-refractivity contribution is 0.141. The number of nitrogens with two attached hydrogens (primary N) is 1. The van der Waals surface area contributed by atoms with Gasteiger partial charge in [-0.1, -0.05) is 6.42 Å². The summed E-state index contributed by atoms with van der Waals surface area (Å²) >= 11 is 0. The van der Waals surface area contributed by atoms with Crippen LogP contribution >= 0.6 is 0 Å². The molecule has 0 unspecified atom stereocenters. The second-order valence-corrected chi connectivity index (χ2v) is 4.83. The molecule has 0 spiro atoms. The van der Waals surface area contributed by atoms with Crippen molar-refractivity contribution >= 4 is 0 Å². The van der Waals surface area contributed by atoms with Crippen molar-refractivity contribution in [2.45, 2.75) is 46.1 Å². The van der Waals surface area contributed by atoms with Crippen LogP contribution in [0.15, 0.2) is 6.07 Å². The minimum atomic E-state index is 0.388. The second kappa shape index (κ2) is 3.97. The first-order valence-electron chi connectivity index (χ1n) is 5.92. The van der Waals surface area contributed by atoms with Gasteiger partial charge in [-0.15, -0.1) is 0 Å². The van der Waals surface area contributed by atoms with Gasteiger partial charge in [-0.05, 0) is 51.1 Å². The lowest BCUT2D eigenvalue weighted by atomic mass is 9.66. The summed E-state index contributed by atoms with van der Waals surface area (Å²) in [7, 11) is 0. The molecule has 0 atom stereocenters. The number of aryl methyl sites for hydroxylation is 2. The van der Waals surface area contributed by atoms with Gasteiger partial charge in [-0.3, -0.25) is 4.68 Å². The van der Waals surface area contributed by atoms with Crippen LogP contribution in [0.4, 0.5) is 0 Å². The highest BCUT2D eigenvalue weighted by Crippen LogP contribution is 2.42. The summed E-state index contributed by atoms with van der Waals surface area (Å²) in [5.41, 5.74) is 8.76. The topological polar surface area (TPSA) is 43.8 Å². The molecule has 3 nitrogen and oxygen atoms in total. The normalized spacial score (nSPS) is 18.9. The van der Waals surface area contributed by atoms with Crippen LogP contribution < -0.4 is 5.73 Å². The highest BCUT2D eigenvalue weighted by atomic mass is 15.3. The molecule has 3 heteroatoms. The SMILES string of the molecule is CCn1nc(C)cc1CC1(CN)CCC1. The molecule has 2 N–H and O–H groups in total. The third kappa shape index (κ3) is 1.93. The van der Waals surface area contributed by atoms with E-state index in [2.05, 4.69) is 29.7 Å². The van der Waals surface area contributed by atoms with Crippen molar-refractivity contribution in [3.63, 3.8) is 0 Å². The van der Waals surface area contributed by atoms with E-state index in [9.17, 15) is 0 Å². The van der Waals surface area contributed by atoms with E-state index >= 15 is 0 Å². The molecule has 1 aliphatic carbocycles. The van der Waals surface area contributed by atoms with Gasteiger partial charge in [-0.2, -0.15) is 5.10 Å². The first-order chi connectivity index (χ1) is 7.19. The van der Waals surface area contributed by atoms with Gasteiger partial charge in [-0.25, -0.2) is 0 Å². The molecular formula is C12H21N3. The molecule has 1 fully saturated rings. The fraction of sp³-hybridized carbons (Fsp3) is 0.750. The molecule has 0 amide bonds. The van der Waals surface area contributed by atoms with Gasteiger partial charge in [0.2, 0.25) is 0 Å². The van der Waals surface area contributed by atoms with Crippen LogP contribution in [0.3, 0.4) is 0 Å². The lowest BCUT2D eigenvalue weighted by Gasteiger charge is -2.41. The predicted molar refractivity (Wildman–Crippen MR) is 61.7 cm³/mol. The van der Waals surface area contributed by atoms with Crippen molar-refractivity contribution in [2.75, 3.05) is 6.54 Å². The minimum Gasteiger partial charge on any atom is -0.330 e. The zero-order valence-corrected chi connectivity index (χ0v) is 9.79. The highest BCUT2D eigenvalue weighted by Gasteiger charge is 2.36. The Labute approximate surface area is 91.7 Å². The smallest absolute Gasteiger partial charge is 0.0596 e. The van der Waals surface area contributed by atoms with E-state index in [1.807, 2.05) is 0 Å². The maximum absolute atomic E-state index is 5.89. The van der Waals surface area contributed by atoms with Crippen molar-refractivity contribution in [1.29, 1.82) is 0 Å². The van der Waals surface area contributed by atoms with Gasteiger partial charge in [0, 0.05) is 12.2 Å². The first kappa shape index (κ1) is 10.7. The quantitative estimate of drug-likeness (QED) is 0.819. The second-order valence-electron chi connectivity index (χ2n) is 4.83. The van der Waals surface area contributed by atoms with Crippen molar-refractivity contribution in [3.05, 3.63) is 17.5 Å². The summed E-state index contributed by atoms with van der Waals surface area (Å²) in [6, 6.07) is 2.21. The molecule has 15 heavy (non-hydrogen) atoms. The fourth-order valence-corrected chi connectivity index (χ4v) is 2.53. The van der Waals surface area contributed by atoms with E-state index in [4.69, 9.17) is 5.73 Å². The Kier molecular flexibility index (Phi) is 2.83. The zero-order chi connectivity index (χ0) is 10.9. The maximum atomic E-state index is 5.89. The van der Waals surface area contributed by atoms with E-state index in [0.29, 0.717) is 5.41 Å². The van der Waals surface area contributed by atoms with Crippen LogP contribution in [0.2, 0.25) is 0 Å². The number of rotatable bonds is 4. The maximum Gasteiger partial charge on any atom is 0.0596 e. The van der Waals surface area contributed by atoms with E-state index in [1.54, 1.807) is 0 Å². The zero-order valence-electron chi connectivity index (χ0n) is 9.79. The Morgan fingerprint density at radius 2 is 2.27 bits per heavy atom. The molecule has 1 aromatic rings. The largest absolute Gasteiger partial charge is 0.330 e. The van der Waals surface area contributed by atoms with E-state index in [1.165, 1.54) is 25.0 Å². The number of aromatic nitrogens is 2. The van der Waals surface area contributed by atoms with Crippen molar-refractivity contribution in [1.82, 2.24) is 9.78 Å². The van der Waals surface area contributed by atoms with Crippen LogP contribution in [-0.4, -0.2) is 16.3 Å². The van der Waals surface area contributed by atoms with Crippen LogP contribution in [0, 0.1) is 12.3 Å². The minimum absolute atomic E-state index is 0.388. The Bertz CT molecular complexity index is 331. The molecular weight excluding hydrogens is 186 g/mol. The Morgan fingerprint density at radius 1 is 1.53 bits per heavy atom. The molecule has 1 heterocycles. The highest BCUT2D eigenvalue weighted by molar-refractivity contribution is 5.12. The Hall–Kier alpha value is -0.830. The van der Waals surface area contributed by atoms with Gasteiger partial charge in [0.05, 0.1) is 5.69 Å². The molecule has 0 aliphatic heterocycles. The standard InChI is InChI=1S/C12H21N3/c1-3-15-11(7-10(2)14-15)8-12(9-13)5-4-6-12/h7H,3-6,8-9,13H2,1-2H3. The van der Waals surface area contributed by atoms with Crippen LogP contribution in [-0.2, 0) is 13.0 Å². The number of nitrogens with zero attached hydrogens (tertiary/aromatic N) is 2. The predicted octanol–water partition coefficient (Wildman–Crippen LogP) is 1.88. The molecule has 1 saturated carbocycles. The molecule has 0 bridgehead atoms. The van der Waals surface area contributed by atoms with Gasteiger partial charge in [0.15, 0.2) is 0 Å². The van der Waals surface area contributed by atoms with Crippen LogP contribution in [0.5, 0.6) is 0 Å². The number of hydrogen-bond acceptors (Lipinski definition) is 2. The van der Waals surface area contributed by atoms with E-state index < -0.39 is 0 Å². The third-order valence-electron chi connectivity index (χ3n) is 3.69. The Balaban J connectivity index is 2.15. The molecule has 0 aromatic carbocycles. The first-order valence-corrected chi connectivity index (χ1v) is 5.92. The summed E-state index contributed by atoms with van der Waals surface area (Å²) in [6.45, 7) is 5.99. The monoisotopic (exact) mass is 207 g/mol. The molecule has 1 aromatic heterocycles. The van der Waals surface area contributed by atoms with Gasteiger partial charge >= 0.3 is 0 Å². The lowest BCUT2D eigenvalue weighted by Crippen LogP contribution is -2.39. The summed E-state index contributed by atoms with van der Waals surface area (Å²) in [5, 5.41) is 4.48. The average molecular weight is 207 g/mol. The van der Waals surface area contributed by atoms with Gasteiger partial charge in [0.1, 0.15) is 0 Å². The van der Waals surface area contributed by atoms with E-state index in [-0.39, 0.29) is 0 Å². The van der Waals surface area contributed by atoms with Crippen molar-refractivity contribution < 1.29 is 0 Å². The molecule has 0 saturated heterocycles. The molecule has 0 radical (unpaired) electrons. The van der Waals surface area contributed by atoms with Crippen molar-refractivity contribution in [2.24, 2.45) is 11.1 Å². The summed E-state index contributed by atoms with van der Waals surface area (Å²) in [6.07, 6.45) is 5.03. The molecule has 1 aliphatic rings. The van der Waals surface area contributed by atoms with Crippen molar-refractivity contribution in [3.8, 4) is 0 Å². The summed E-state index contributed by atoms with van der Waals surface area (Å²) < 4.78 is 2.12. The molecule has 84 valence electrons. The summed E-state index contributed by atoms with van der Waals surface area (Å²) in [5.74, 6) is 0. The van der Waals surface area contributed by atoms with Crippen LogP contribution in [0.25, 0.3) is 0 Å². The number of hydrogen-bond donors (Lipinski definition) is 1. The molecule has 2 rings (SSSR count). The average Bonchev–Trinajstić information content (AvgIpc) is 2.52. The third-order valence-corrected chi connectivity index (χ3v) is 3.69. The van der Waals surface area contributed by atoms with Gasteiger partial charge < -0.3 is 5.73 Å². The fourth-order valence-electron chi connectivity index (χ4n) is 2.53. The summed E-state index contributed by atoms with van der Waals surface area (Å²) in [4.78, 5) is 0. The van der Waals surface area contributed by atoms with Crippen LogP contribution in [0.1, 0.15) is 37.6 Å². The Morgan fingerprint density at radius 3 is 2.73 bits per heavy atom. The van der Waals surface area contributed by atoms with E-state index in [0.717, 1.165) is 25.2 Å². The van der Waals surface area contributed by atoms with Gasteiger partial charge in [0.25, 0.3) is 0 Å².